The molecule has 0 fully saturated rings. The zero-order valence-electron chi connectivity index (χ0n) is 11.7. The van der Waals surface area contributed by atoms with Crippen molar-refractivity contribution in [1.82, 2.24) is 10.3 Å². The minimum Gasteiger partial charge on any atom is -0.313 e. The van der Waals surface area contributed by atoms with Crippen LogP contribution in [-0.2, 0) is 12.8 Å². The highest BCUT2D eigenvalue weighted by Crippen LogP contribution is 2.28. The molecule has 0 saturated carbocycles. The molecule has 0 saturated heterocycles. The van der Waals surface area contributed by atoms with Gasteiger partial charge in [-0.1, -0.05) is 42.3 Å². The summed E-state index contributed by atoms with van der Waals surface area (Å²) >= 11 is 12.2. The molecule has 0 spiro atoms. The van der Waals surface area contributed by atoms with Gasteiger partial charge in [0.1, 0.15) is 0 Å². The number of hydrogen-bond acceptors (Lipinski definition) is 2. The molecule has 1 heterocycles. The molecular weight excluding hydrogens is 291 g/mol. The zero-order chi connectivity index (χ0) is 14.5. The average molecular weight is 309 g/mol. The Kier molecular flexibility index (Phi) is 5.41. The van der Waals surface area contributed by atoms with Crippen LogP contribution >= 0.6 is 23.2 Å². The highest BCUT2D eigenvalue weighted by molar-refractivity contribution is 6.35. The van der Waals surface area contributed by atoms with Crippen molar-refractivity contribution in [2.24, 2.45) is 0 Å². The fourth-order valence-electron chi connectivity index (χ4n) is 2.15. The quantitative estimate of drug-likeness (QED) is 0.882. The lowest BCUT2D eigenvalue weighted by Crippen LogP contribution is -2.19. The Morgan fingerprint density at radius 2 is 2.00 bits per heavy atom. The number of likely N-dealkylation sites (N-methyl/N-ethyl adjacent to an activating group) is 1. The van der Waals surface area contributed by atoms with Gasteiger partial charge in [0.05, 0.1) is 0 Å². The number of hydrogen-bond donors (Lipinski definition) is 1. The van der Waals surface area contributed by atoms with Gasteiger partial charge in [-0.15, -0.1) is 0 Å². The molecule has 20 heavy (non-hydrogen) atoms. The Hall–Kier alpha value is -1.09. The lowest BCUT2D eigenvalue weighted by molar-refractivity contribution is 0.584. The molecule has 0 bridgehead atoms. The van der Waals surface area contributed by atoms with Crippen LogP contribution in [0.3, 0.4) is 0 Å². The first-order valence-electron chi connectivity index (χ1n) is 6.70. The van der Waals surface area contributed by atoms with E-state index in [1.165, 1.54) is 5.56 Å². The summed E-state index contributed by atoms with van der Waals surface area (Å²) in [6.07, 6.45) is 3.74. The highest BCUT2D eigenvalue weighted by Gasteiger charge is 2.14. The lowest BCUT2D eigenvalue weighted by atomic mass is 10.0. The van der Waals surface area contributed by atoms with Gasteiger partial charge in [0, 0.05) is 34.4 Å². The SMILES string of the molecule is CCc1ccc(CC(NC)c2ccc(Cl)cc2Cl)nc1. The first-order valence-corrected chi connectivity index (χ1v) is 7.45. The summed E-state index contributed by atoms with van der Waals surface area (Å²) in [6.45, 7) is 2.13. The number of aromatic nitrogens is 1. The standard InChI is InChI=1S/C16H18Cl2N2/c1-3-11-4-6-13(20-10-11)9-16(19-2)14-7-5-12(17)8-15(14)18/h4-8,10,16,19H,3,9H2,1-2H3. The predicted molar refractivity (Wildman–Crippen MR) is 85.6 cm³/mol. The van der Waals surface area contributed by atoms with Crippen molar-refractivity contribution >= 4 is 23.2 Å². The van der Waals surface area contributed by atoms with Crippen LogP contribution in [-0.4, -0.2) is 12.0 Å². The Balaban J connectivity index is 2.19. The van der Waals surface area contributed by atoms with Crippen molar-refractivity contribution in [2.75, 3.05) is 7.05 Å². The van der Waals surface area contributed by atoms with E-state index in [1.54, 1.807) is 6.07 Å². The zero-order valence-corrected chi connectivity index (χ0v) is 13.2. The van der Waals surface area contributed by atoms with E-state index in [4.69, 9.17) is 23.2 Å². The number of benzene rings is 1. The molecule has 2 aromatic rings. The Morgan fingerprint density at radius 1 is 1.20 bits per heavy atom. The second-order valence-electron chi connectivity index (χ2n) is 4.72. The summed E-state index contributed by atoms with van der Waals surface area (Å²) in [6, 6.07) is 9.93. The van der Waals surface area contributed by atoms with Crippen LogP contribution in [0.15, 0.2) is 36.5 Å². The number of pyridine rings is 1. The molecule has 0 radical (unpaired) electrons. The van der Waals surface area contributed by atoms with E-state index in [1.807, 2.05) is 25.4 Å². The van der Waals surface area contributed by atoms with Gasteiger partial charge in [-0.3, -0.25) is 4.98 Å². The van der Waals surface area contributed by atoms with Crippen LogP contribution in [0.2, 0.25) is 10.0 Å². The molecule has 1 aromatic heterocycles. The van der Waals surface area contributed by atoms with Gasteiger partial charge in [0.15, 0.2) is 0 Å². The summed E-state index contributed by atoms with van der Waals surface area (Å²) in [4.78, 5) is 4.50. The van der Waals surface area contributed by atoms with E-state index >= 15 is 0 Å². The molecule has 2 rings (SSSR count). The number of rotatable bonds is 5. The van der Waals surface area contributed by atoms with E-state index in [2.05, 4.69) is 29.4 Å². The third-order valence-electron chi connectivity index (χ3n) is 3.39. The molecule has 1 unspecified atom stereocenters. The number of halogens is 2. The van der Waals surface area contributed by atoms with Crippen molar-refractivity contribution in [2.45, 2.75) is 25.8 Å². The summed E-state index contributed by atoms with van der Waals surface area (Å²) in [7, 11) is 1.93. The second-order valence-corrected chi connectivity index (χ2v) is 5.57. The van der Waals surface area contributed by atoms with E-state index < -0.39 is 0 Å². The van der Waals surface area contributed by atoms with Gasteiger partial charge in [-0.25, -0.2) is 0 Å². The van der Waals surface area contributed by atoms with Crippen LogP contribution in [0.1, 0.15) is 29.8 Å². The molecule has 1 aromatic carbocycles. The monoisotopic (exact) mass is 308 g/mol. The van der Waals surface area contributed by atoms with Crippen LogP contribution in [0.5, 0.6) is 0 Å². The summed E-state index contributed by atoms with van der Waals surface area (Å²) < 4.78 is 0. The van der Waals surface area contributed by atoms with Gasteiger partial charge < -0.3 is 5.32 Å². The molecule has 1 atom stereocenters. The molecule has 4 heteroatoms. The summed E-state index contributed by atoms with van der Waals surface area (Å²) in [5.74, 6) is 0. The molecule has 0 aliphatic rings. The first kappa shape index (κ1) is 15.3. The minimum absolute atomic E-state index is 0.125. The Bertz CT molecular complexity index is 567. The van der Waals surface area contributed by atoms with E-state index in [0.717, 1.165) is 24.1 Å². The third kappa shape index (κ3) is 3.72. The lowest BCUT2D eigenvalue weighted by Gasteiger charge is -2.18. The van der Waals surface area contributed by atoms with Crippen LogP contribution in [0.4, 0.5) is 0 Å². The fraction of sp³-hybridized carbons (Fsp3) is 0.312. The van der Waals surface area contributed by atoms with E-state index in [0.29, 0.717) is 10.0 Å². The largest absolute Gasteiger partial charge is 0.313 e. The molecule has 0 amide bonds. The normalized spacial score (nSPS) is 12.4. The third-order valence-corrected chi connectivity index (χ3v) is 3.96. The highest BCUT2D eigenvalue weighted by atomic mass is 35.5. The van der Waals surface area contributed by atoms with Crippen molar-refractivity contribution < 1.29 is 0 Å². The van der Waals surface area contributed by atoms with Gasteiger partial charge in [-0.2, -0.15) is 0 Å². The van der Waals surface area contributed by atoms with Gasteiger partial charge in [-0.05, 0) is 42.8 Å². The Morgan fingerprint density at radius 3 is 2.55 bits per heavy atom. The van der Waals surface area contributed by atoms with Crippen LogP contribution < -0.4 is 5.32 Å². The molecular formula is C16H18Cl2N2. The predicted octanol–water partition coefficient (Wildman–Crippen LogP) is 4.45. The van der Waals surface area contributed by atoms with Crippen molar-refractivity contribution in [3.8, 4) is 0 Å². The number of aryl methyl sites for hydroxylation is 1. The summed E-state index contributed by atoms with van der Waals surface area (Å²) in [5.41, 5.74) is 3.34. The van der Waals surface area contributed by atoms with Crippen molar-refractivity contribution in [3.63, 3.8) is 0 Å². The van der Waals surface area contributed by atoms with Crippen LogP contribution in [0, 0.1) is 0 Å². The number of nitrogens with one attached hydrogen (secondary N) is 1. The average Bonchev–Trinajstić information content (AvgIpc) is 2.46. The van der Waals surface area contributed by atoms with Crippen molar-refractivity contribution in [3.05, 3.63) is 63.4 Å². The van der Waals surface area contributed by atoms with Gasteiger partial charge >= 0.3 is 0 Å². The topological polar surface area (TPSA) is 24.9 Å². The van der Waals surface area contributed by atoms with E-state index in [9.17, 15) is 0 Å². The maximum atomic E-state index is 6.27. The second kappa shape index (κ2) is 7.07. The fourth-order valence-corrected chi connectivity index (χ4v) is 2.69. The number of nitrogens with zero attached hydrogens (tertiary/aromatic N) is 1. The maximum Gasteiger partial charge on any atom is 0.0468 e. The maximum absolute atomic E-state index is 6.27. The Labute approximate surface area is 130 Å². The van der Waals surface area contributed by atoms with Gasteiger partial charge in [0.2, 0.25) is 0 Å². The molecule has 0 aliphatic heterocycles. The van der Waals surface area contributed by atoms with Gasteiger partial charge in [0.25, 0.3) is 0 Å². The molecule has 106 valence electrons. The minimum atomic E-state index is 0.125. The molecule has 1 N–H and O–H groups in total. The summed E-state index contributed by atoms with van der Waals surface area (Å²) in [5, 5.41) is 4.62. The molecule has 2 nitrogen and oxygen atoms in total. The van der Waals surface area contributed by atoms with E-state index in [-0.39, 0.29) is 6.04 Å². The van der Waals surface area contributed by atoms with Crippen molar-refractivity contribution in [1.29, 1.82) is 0 Å². The smallest absolute Gasteiger partial charge is 0.0468 e. The first-order chi connectivity index (χ1) is 9.63. The van der Waals surface area contributed by atoms with Crippen LogP contribution in [0.25, 0.3) is 0 Å². The molecule has 0 aliphatic carbocycles.